The van der Waals surface area contributed by atoms with Crippen LogP contribution in [0.3, 0.4) is 0 Å². The van der Waals surface area contributed by atoms with Crippen molar-refractivity contribution in [1.29, 1.82) is 0 Å². The second kappa shape index (κ2) is 5.76. The topological polar surface area (TPSA) is 67.8 Å². The van der Waals surface area contributed by atoms with Gasteiger partial charge in [0.25, 0.3) is 5.91 Å². The van der Waals surface area contributed by atoms with Gasteiger partial charge < -0.3 is 0 Å². The smallest absolute Gasteiger partial charge is 0.276 e. The van der Waals surface area contributed by atoms with Gasteiger partial charge in [-0.3, -0.25) is 15.1 Å². The van der Waals surface area contributed by atoms with E-state index in [2.05, 4.69) is 20.5 Å². The number of anilines is 1. The molecule has 7 heteroatoms. The maximum absolute atomic E-state index is 12.9. The molecule has 3 aromatic rings. The van der Waals surface area contributed by atoms with Crippen LogP contribution in [0, 0.1) is 5.82 Å². The molecule has 1 amide bonds. The Balaban J connectivity index is 1.76. The van der Waals surface area contributed by atoms with E-state index in [0.717, 1.165) is 5.56 Å². The number of amides is 1. The molecule has 5 nitrogen and oxygen atoms in total. The number of halogens is 1. The van der Waals surface area contributed by atoms with Crippen molar-refractivity contribution in [1.82, 2.24) is 15.2 Å². The Morgan fingerprint density at radius 1 is 1.10 bits per heavy atom. The van der Waals surface area contributed by atoms with Crippen LogP contribution in [0.1, 0.15) is 10.5 Å². The van der Waals surface area contributed by atoms with E-state index in [-0.39, 0.29) is 11.7 Å². The Morgan fingerprint density at radius 2 is 1.90 bits per heavy atom. The van der Waals surface area contributed by atoms with Gasteiger partial charge >= 0.3 is 0 Å². The lowest BCUT2D eigenvalue weighted by molar-refractivity contribution is 0.102. The fraction of sp³-hybridized carbons (Fsp3) is 0. The molecule has 1 aromatic carbocycles. The molecule has 0 bridgehead atoms. The lowest BCUT2D eigenvalue weighted by Gasteiger charge is -1.98. The van der Waals surface area contributed by atoms with E-state index in [4.69, 9.17) is 0 Å². The maximum Gasteiger partial charge on any atom is 0.276 e. The third-order valence-corrected chi connectivity index (χ3v) is 3.52. The highest BCUT2D eigenvalue weighted by atomic mass is 32.1. The Morgan fingerprint density at radius 3 is 2.62 bits per heavy atom. The number of hydrogen-bond donors (Lipinski definition) is 1. The molecule has 0 aliphatic carbocycles. The molecule has 0 unspecified atom stereocenters. The minimum absolute atomic E-state index is 0.302. The summed E-state index contributed by atoms with van der Waals surface area (Å²) >= 11 is 1.21. The second-order valence-electron chi connectivity index (χ2n) is 4.09. The highest BCUT2D eigenvalue weighted by Crippen LogP contribution is 2.26. The maximum atomic E-state index is 12.9. The molecule has 0 aliphatic rings. The van der Waals surface area contributed by atoms with Gasteiger partial charge in [-0.25, -0.2) is 4.39 Å². The van der Waals surface area contributed by atoms with Crippen molar-refractivity contribution in [3.8, 4) is 10.6 Å². The molecule has 0 radical (unpaired) electrons. The molecule has 0 atom stereocenters. The first-order chi connectivity index (χ1) is 10.2. The van der Waals surface area contributed by atoms with Gasteiger partial charge in [0, 0.05) is 11.8 Å². The summed E-state index contributed by atoms with van der Waals surface area (Å²) < 4.78 is 12.9. The molecule has 0 fully saturated rings. The zero-order valence-corrected chi connectivity index (χ0v) is 11.5. The summed E-state index contributed by atoms with van der Waals surface area (Å²) in [5, 5.41) is 11.5. The standard InChI is InChI=1S/C14H9FN4OS/c15-10-6-4-9(5-7-10)13-18-19-14(21-13)17-12(20)11-3-1-2-8-16-11/h1-8H,(H,17,19,20). The fourth-order valence-electron chi connectivity index (χ4n) is 1.64. The SMILES string of the molecule is O=C(Nc1nnc(-c2ccc(F)cc2)s1)c1ccccn1. The number of aromatic nitrogens is 3. The van der Waals surface area contributed by atoms with Crippen molar-refractivity contribution >= 4 is 22.4 Å². The monoisotopic (exact) mass is 300 g/mol. The second-order valence-corrected chi connectivity index (χ2v) is 5.07. The average molecular weight is 300 g/mol. The van der Waals surface area contributed by atoms with Gasteiger partial charge in [-0.15, -0.1) is 10.2 Å². The third-order valence-electron chi connectivity index (χ3n) is 2.63. The lowest BCUT2D eigenvalue weighted by Crippen LogP contribution is -2.13. The first-order valence-corrected chi connectivity index (χ1v) is 6.86. The molecule has 0 saturated heterocycles. The summed E-state index contributed by atoms with van der Waals surface area (Å²) in [4.78, 5) is 15.9. The van der Waals surface area contributed by atoms with Crippen LogP contribution in [0.5, 0.6) is 0 Å². The molecular weight excluding hydrogens is 291 g/mol. The molecule has 2 aromatic heterocycles. The van der Waals surface area contributed by atoms with E-state index in [0.29, 0.717) is 15.8 Å². The van der Waals surface area contributed by atoms with Gasteiger partial charge in [0.2, 0.25) is 5.13 Å². The Hall–Kier alpha value is -2.67. The van der Waals surface area contributed by atoms with Gasteiger partial charge in [-0.2, -0.15) is 0 Å². The minimum Gasteiger partial charge on any atom is -0.295 e. The summed E-state index contributed by atoms with van der Waals surface area (Å²) in [6, 6.07) is 11.0. The zero-order valence-electron chi connectivity index (χ0n) is 10.7. The Labute approximate surface area is 123 Å². The molecule has 1 N–H and O–H groups in total. The number of nitrogens with one attached hydrogen (secondary N) is 1. The van der Waals surface area contributed by atoms with Crippen molar-refractivity contribution in [2.45, 2.75) is 0 Å². The molecule has 0 aliphatic heterocycles. The van der Waals surface area contributed by atoms with E-state index in [9.17, 15) is 9.18 Å². The Kier molecular flexibility index (Phi) is 3.65. The van der Waals surface area contributed by atoms with Crippen LogP contribution in [0.2, 0.25) is 0 Å². The van der Waals surface area contributed by atoms with Crippen molar-refractivity contribution in [3.05, 3.63) is 60.2 Å². The van der Waals surface area contributed by atoms with Crippen molar-refractivity contribution in [2.75, 3.05) is 5.32 Å². The number of hydrogen-bond acceptors (Lipinski definition) is 5. The number of pyridine rings is 1. The molecule has 0 spiro atoms. The largest absolute Gasteiger partial charge is 0.295 e. The van der Waals surface area contributed by atoms with Gasteiger partial charge in [0.1, 0.15) is 16.5 Å². The Bertz CT molecular complexity index is 758. The quantitative estimate of drug-likeness (QED) is 0.807. The number of nitrogens with zero attached hydrogens (tertiary/aromatic N) is 3. The lowest BCUT2D eigenvalue weighted by atomic mass is 10.2. The van der Waals surface area contributed by atoms with E-state index >= 15 is 0 Å². The summed E-state index contributed by atoms with van der Waals surface area (Å²) in [5.74, 6) is -0.663. The zero-order chi connectivity index (χ0) is 14.7. The van der Waals surface area contributed by atoms with E-state index in [1.54, 1.807) is 36.5 Å². The van der Waals surface area contributed by atoms with Crippen LogP contribution in [-0.2, 0) is 0 Å². The normalized spacial score (nSPS) is 10.3. The summed E-state index contributed by atoms with van der Waals surface area (Å²) in [6.45, 7) is 0. The predicted octanol–water partition coefficient (Wildman–Crippen LogP) is 2.99. The number of benzene rings is 1. The average Bonchev–Trinajstić information content (AvgIpc) is 2.97. The fourth-order valence-corrected chi connectivity index (χ4v) is 2.39. The van der Waals surface area contributed by atoms with Gasteiger partial charge in [0.15, 0.2) is 0 Å². The van der Waals surface area contributed by atoms with E-state index in [1.807, 2.05) is 0 Å². The summed E-state index contributed by atoms with van der Waals surface area (Å²) in [7, 11) is 0. The van der Waals surface area contributed by atoms with Crippen LogP contribution in [-0.4, -0.2) is 21.1 Å². The van der Waals surface area contributed by atoms with Gasteiger partial charge in [-0.05, 0) is 36.4 Å². The van der Waals surface area contributed by atoms with Crippen LogP contribution in [0.15, 0.2) is 48.7 Å². The molecular formula is C14H9FN4OS. The number of carbonyl (C=O) groups is 1. The van der Waals surface area contributed by atoms with Crippen LogP contribution >= 0.6 is 11.3 Å². The van der Waals surface area contributed by atoms with Crippen LogP contribution in [0.25, 0.3) is 10.6 Å². The first-order valence-electron chi connectivity index (χ1n) is 6.04. The molecule has 104 valence electrons. The summed E-state index contributed by atoms with van der Waals surface area (Å²) in [6.07, 6.45) is 1.54. The summed E-state index contributed by atoms with van der Waals surface area (Å²) in [5.41, 5.74) is 1.04. The molecule has 0 saturated carbocycles. The van der Waals surface area contributed by atoms with Crippen molar-refractivity contribution < 1.29 is 9.18 Å². The van der Waals surface area contributed by atoms with Crippen molar-refractivity contribution in [3.63, 3.8) is 0 Å². The van der Waals surface area contributed by atoms with Gasteiger partial charge in [0.05, 0.1) is 0 Å². The highest BCUT2D eigenvalue weighted by molar-refractivity contribution is 7.18. The van der Waals surface area contributed by atoms with E-state index < -0.39 is 0 Å². The predicted molar refractivity (Wildman–Crippen MR) is 77.5 cm³/mol. The van der Waals surface area contributed by atoms with Gasteiger partial charge in [-0.1, -0.05) is 17.4 Å². The minimum atomic E-state index is -0.350. The highest BCUT2D eigenvalue weighted by Gasteiger charge is 2.11. The van der Waals surface area contributed by atoms with Crippen molar-refractivity contribution in [2.24, 2.45) is 0 Å². The first kappa shape index (κ1) is 13.3. The van der Waals surface area contributed by atoms with Crippen LogP contribution < -0.4 is 5.32 Å². The molecule has 21 heavy (non-hydrogen) atoms. The molecule has 3 rings (SSSR count). The van der Waals surface area contributed by atoms with E-state index in [1.165, 1.54) is 23.5 Å². The number of carbonyl (C=O) groups excluding carboxylic acids is 1. The molecule has 2 heterocycles. The number of rotatable bonds is 3. The third kappa shape index (κ3) is 3.09. The van der Waals surface area contributed by atoms with Crippen LogP contribution in [0.4, 0.5) is 9.52 Å².